The molecule has 1 aromatic rings. The normalized spacial score (nSPS) is 52.0. The van der Waals surface area contributed by atoms with Crippen LogP contribution in [0.3, 0.4) is 0 Å². The summed E-state index contributed by atoms with van der Waals surface area (Å²) in [4.78, 5) is 51.9. The number of fused-ring (bicyclic) bond motifs is 4. The Morgan fingerprint density at radius 2 is 0.980 bits per heavy atom. The summed E-state index contributed by atoms with van der Waals surface area (Å²) >= 11 is 0. The van der Waals surface area contributed by atoms with Gasteiger partial charge in [-0.15, -0.1) is 0 Å². The van der Waals surface area contributed by atoms with Crippen molar-refractivity contribution in [1.29, 1.82) is 0 Å². The van der Waals surface area contributed by atoms with Crippen molar-refractivity contribution in [3.8, 4) is 0 Å². The first-order chi connectivity index (χ1) is 23.9. The van der Waals surface area contributed by atoms with Crippen LogP contribution in [0, 0.1) is 47.3 Å². The number of hydrogen-bond donors (Lipinski definition) is 0. The molecule has 8 aliphatic heterocycles. The van der Waals surface area contributed by atoms with Crippen molar-refractivity contribution in [2.24, 2.45) is 47.3 Å². The Hall–Kier alpha value is -1.76. The molecule has 10 fully saturated rings. The van der Waals surface area contributed by atoms with E-state index in [-0.39, 0.29) is 72.1 Å². The number of hydrogen-bond acceptors (Lipinski definition) is 10. The lowest BCUT2D eigenvalue weighted by Gasteiger charge is -2.60. The van der Waals surface area contributed by atoms with E-state index in [1.807, 2.05) is 13.8 Å². The van der Waals surface area contributed by atoms with E-state index < -0.39 is 35.4 Å². The predicted molar refractivity (Wildman–Crippen MR) is 178 cm³/mol. The number of benzene rings is 1. The van der Waals surface area contributed by atoms with Gasteiger partial charge in [0.05, 0.1) is 12.2 Å². The minimum atomic E-state index is -0.850. The minimum absolute atomic E-state index is 0.00779. The quantitative estimate of drug-likeness (QED) is 0.222. The average molecular weight is 695 g/mol. The second kappa shape index (κ2) is 11.9. The van der Waals surface area contributed by atoms with Gasteiger partial charge in [-0.3, -0.25) is 9.59 Å². The molecule has 0 aromatic heterocycles. The smallest absolute Gasteiger partial charge is 0.201 e. The van der Waals surface area contributed by atoms with Crippen molar-refractivity contribution in [2.45, 2.75) is 153 Å². The van der Waals surface area contributed by atoms with E-state index in [0.29, 0.717) is 23.0 Å². The molecule has 0 unspecified atom stereocenters. The van der Waals surface area contributed by atoms with Crippen LogP contribution in [0.1, 0.15) is 126 Å². The minimum Gasteiger partial charge on any atom is -0.345 e. The van der Waals surface area contributed by atoms with Crippen molar-refractivity contribution >= 4 is 11.6 Å². The highest BCUT2D eigenvalue weighted by molar-refractivity contribution is 5.99. The van der Waals surface area contributed by atoms with Crippen LogP contribution in [-0.2, 0) is 38.5 Å². The molecule has 8 saturated heterocycles. The van der Waals surface area contributed by atoms with Gasteiger partial charge in [-0.2, -0.15) is 0 Å². The summed E-state index contributed by atoms with van der Waals surface area (Å²) in [6.07, 6.45) is 6.38. The maximum atomic E-state index is 13.7. The van der Waals surface area contributed by atoms with Gasteiger partial charge in [0.2, 0.25) is 11.6 Å². The van der Waals surface area contributed by atoms with Gasteiger partial charge in [0.15, 0.2) is 35.3 Å². The molecular weight excluding hydrogens is 640 g/mol. The summed E-state index contributed by atoms with van der Waals surface area (Å²) in [6, 6.07) is 7.10. The Morgan fingerprint density at radius 3 is 1.38 bits per heavy atom. The van der Waals surface area contributed by atoms with Gasteiger partial charge in [0, 0.05) is 48.6 Å². The molecule has 2 saturated carbocycles. The molecule has 1 aromatic carbocycles. The van der Waals surface area contributed by atoms with Crippen molar-refractivity contribution in [2.75, 3.05) is 0 Å². The molecule has 8 heterocycles. The second-order valence-electron chi connectivity index (χ2n) is 17.7. The number of carbonyl (C=O) groups excluding carboxylic acids is 2. The molecule has 0 amide bonds. The zero-order valence-corrected chi connectivity index (χ0v) is 30.4. The van der Waals surface area contributed by atoms with Gasteiger partial charge in [-0.25, -0.2) is 19.6 Å². The van der Waals surface area contributed by atoms with Crippen molar-refractivity contribution in [3.05, 3.63) is 35.4 Å². The Balaban J connectivity index is 0.878. The Labute approximate surface area is 295 Å². The number of ketones is 2. The highest BCUT2D eigenvalue weighted by atomic mass is 17.3. The van der Waals surface area contributed by atoms with Crippen LogP contribution < -0.4 is 0 Å². The molecule has 16 atom stereocenters. The molecule has 2 aliphatic carbocycles. The van der Waals surface area contributed by atoms with Crippen LogP contribution in [-0.4, -0.2) is 59.1 Å². The molecule has 4 bridgehead atoms. The Morgan fingerprint density at radius 1 is 0.580 bits per heavy atom. The summed E-state index contributed by atoms with van der Waals surface area (Å²) < 4.78 is 26.3. The average Bonchev–Trinajstić information content (AvgIpc) is 3.47. The zero-order chi connectivity index (χ0) is 34.8. The van der Waals surface area contributed by atoms with Crippen LogP contribution in [0.4, 0.5) is 0 Å². The van der Waals surface area contributed by atoms with Gasteiger partial charge in [-0.05, 0) is 87.9 Å². The molecule has 0 radical (unpaired) electrons. The van der Waals surface area contributed by atoms with E-state index in [1.54, 1.807) is 24.3 Å². The topological polar surface area (TPSA) is 108 Å². The number of Topliss-reactive ketones (excluding diaryl/α,β-unsaturated/α-hetero) is 2. The van der Waals surface area contributed by atoms with Crippen LogP contribution in [0.15, 0.2) is 24.3 Å². The summed E-state index contributed by atoms with van der Waals surface area (Å²) in [5, 5.41) is 0. The number of rotatable bonds is 6. The fraction of sp³-hybridized carbons (Fsp3) is 0.800. The van der Waals surface area contributed by atoms with Crippen LogP contribution in [0.5, 0.6) is 0 Å². The van der Waals surface area contributed by atoms with Gasteiger partial charge in [0.25, 0.3) is 0 Å². The molecule has 2 spiro atoms. The van der Waals surface area contributed by atoms with Crippen LogP contribution in [0.2, 0.25) is 0 Å². The summed E-state index contributed by atoms with van der Waals surface area (Å²) in [7, 11) is 0. The maximum Gasteiger partial charge on any atom is 0.201 e. The first kappa shape index (κ1) is 34.0. The number of carbonyl (C=O) groups is 2. The zero-order valence-electron chi connectivity index (χ0n) is 30.4. The fourth-order valence-corrected chi connectivity index (χ4v) is 11.9. The molecule has 10 heteroatoms. The van der Waals surface area contributed by atoms with E-state index in [4.69, 9.17) is 38.5 Å². The third-order valence-electron chi connectivity index (χ3n) is 14.9. The van der Waals surface area contributed by atoms with E-state index >= 15 is 0 Å². The molecular formula is C40H54O10. The van der Waals surface area contributed by atoms with Crippen molar-refractivity contribution in [1.82, 2.24) is 0 Å². The van der Waals surface area contributed by atoms with Gasteiger partial charge in [-0.1, -0.05) is 52.0 Å². The second-order valence-corrected chi connectivity index (χ2v) is 17.7. The summed E-state index contributed by atoms with van der Waals surface area (Å²) in [5.74, 6) is 0.342. The monoisotopic (exact) mass is 694 g/mol. The fourth-order valence-electron chi connectivity index (χ4n) is 11.9. The molecule has 10 aliphatic rings. The third kappa shape index (κ3) is 4.95. The van der Waals surface area contributed by atoms with E-state index in [2.05, 4.69) is 27.7 Å². The third-order valence-corrected chi connectivity index (χ3v) is 14.9. The van der Waals surface area contributed by atoms with Gasteiger partial charge < -0.3 is 18.9 Å². The molecule has 11 rings (SSSR count). The highest BCUT2D eigenvalue weighted by Gasteiger charge is 2.71. The lowest BCUT2D eigenvalue weighted by Crippen LogP contribution is -2.70. The number of ether oxygens (including phenoxy) is 4. The SMILES string of the molecule is C[C@H]1[C@@H](CC(=O)c2ccc(C(=O)C[C@H]3O[C@@H]4O[C@]5(C)CC[C@H]6[C@H](C)CC[C@@H]([C@H]3C)[C@@]46OO5)cc2)O[C@@H]2O[C@]3(C)CC[C@H]4[C@H](C)CC[C@@H]1[C@@]24OO3. The molecule has 0 N–H and O–H groups in total. The summed E-state index contributed by atoms with van der Waals surface area (Å²) in [5.41, 5.74) is -0.149. The maximum absolute atomic E-state index is 13.7. The van der Waals surface area contributed by atoms with Gasteiger partial charge in [0.1, 0.15) is 0 Å². The van der Waals surface area contributed by atoms with Crippen LogP contribution >= 0.6 is 0 Å². The predicted octanol–water partition coefficient (Wildman–Crippen LogP) is 7.33. The molecule has 50 heavy (non-hydrogen) atoms. The molecule has 10 nitrogen and oxygen atoms in total. The largest absolute Gasteiger partial charge is 0.345 e. The van der Waals surface area contributed by atoms with Gasteiger partial charge >= 0.3 is 0 Å². The van der Waals surface area contributed by atoms with E-state index in [1.165, 1.54) is 0 Å². The first-order valence-electron chi connectivity index (χ1n) is 19.4. The Bertz CT molecular complexity index is 1400. The lowest BCUT2D eigenvalue weighted by atomic mass is 9.57. The lowest BCUT2D eigenvalue weighted by molar-refractivity contribution is -0.571. The van der Waals surface area contributed by atoms with E-state index in [0.717, 1.165) is 51.4 Å². The first-order valence-corrected chi connectivity index (χ1v) is 19.4. The summed E-state index contributed by atoms with van der Waals surface area (Å²) in [6.45, 7) is 12.8. The van der Waals surface area contributed by atoms with E-state index in [9.17, 15) is 9.59 Å². The van der Waals surface area contributed by atoms with Crippen LogP contribution in [0.25, 0.3) is 0 Å². The highest BCUT2D eigenvalue weighted by Crippen LogP contribution is 2.62. The Kier molecular flexibility index (Phi) is 8.08. The van der Waals surface area contributed by atoms with Crippen molar-refractivity contribution < 1.29 is 48.1 Å². The van der Waals surface area contributed by atoms with Crippen molar-refractivity contribution in [3.63, 3.8) is 0 Å². The molecule has 274 valence electrons. The standard InChI is InChI=1S/C40H54O10/c1-21-7-13-29-23(3)33(43-35-39(29)27(21)15-17-37(5,45-35)47-49-39)19-31(41)25-9-11-26(12-10-25)32(42)20-34-24(4)30-14-8-22(2)28-16-18-38(6)46-36(44-34)40(28,30)50-48-38/h9-12,21-24,27-30,33-36H,7-8,13-20H2,1-6H3/t21-,22-,23-,24-,27+,28+,29+,30+,33-,34-,35-,36-,37+,38+,39-,40-/m1/s1.